The van der Waals surface area contributed by atoms with Gasteiger partial charge in [0.2, 0.25) is 11.9 Å². The topological polar surface area (TPSA) is 89.3 Å². The van der Waals surface area contributed by atoms with Crippen LogP contribution in [-0.4, -0.2) is 39.8 Å². The van der Waals surface area contributed by atoms with Gasteiger partial charge in [0.05, 0.1) is 12.2 Å². The Labute approximate surface area is 192 Å². The summed E-state index contributed by atoms with van der Waals surface area (Å²) in [6.45, 7) is 7.76. The van der Waals surface area contributed by atoms with Crippen LogP contribution in [0.2, 0.25) is 0 Å². The monoisotopic (exact) mass is 445 g/mol. The van der Waals surface area contributed by atoms with E-state index in [1.807, 2.05) is 69.3 Å². The van der Waals surface area contributed by atoms with Crippen molar-refractivity contribution in [2.24, 2.45) is 0 Å². The predicted molar refractivity (Wildman–Crippen MR) is 126 cm³/mol. The fraction of sp³-hybridized carbons (Fsp3) is 0.280. The number of ether oxygens (including phenoxy) is 1. The Kier molecular flexibility index (Phi) is 6.26. The van der Waals surface area contributed by atoms with Crippen molar-refractivity contribution in [2.75, 3.05) is 23.4 Å². The van der Waals surface area contributed by atoms with Gasteiger partial charge in [0.25, 0.3) is 0 Å². The number of benzene rings is 2. The van der Waals surface area contributed by atoms with Crippen LogP contribution < -0.4 is 10.2 Å². The maximum absolute atomic E-state index is 13.1. The van der Waals surface area contributed by atoms with E-state index in [-0.39, 0.29) is 19.1 Å². The summed E-state index contributed by atoms with van der Waals surface area (Å²) in [5, 5.41) is 7.36. The number of hydrogen-bond donors (Lipinski definition) is 1. The van der Waals surface area contributed by atoms with E-state index in [0.717, 1.165) is 22.4 Å². The quantitative estimate of drug-likeness (QED) is 0.581. The minimum Gasteiger partial charge on any atom is -0.463 e. The van der Waals surface area contributed by atoms with Crippen LogP contribution in [0.1, 0.15) is 36.6 Å². The number of esters is 1. The van der Waals surface area contributed by atoms with Gasteiger partial charge in [0.15, 0.2) is 0 Å². The van der Waals surface area contributed by atoms with Gasteiger partial charge in [-0.2, -0.15) is 10.1 Å². The first-order valence-corrected chi connectivity index (χ1v) is 10.9. The maximum Gasteiger partial charge on any atom is 0.338 e. The number of carbonyl (C=O) groups excluding carboxylic acids is 2. The van der Waals surface area contributed by atoms with Crippen LogP contribution in [0.25, 0.3) is 0 Å². The third kappa shape index (κ3) is 4.37. The lowest BCUT2D eigenvalue weighted by Gasteiger charge is -2.35. The Morgan fingerprint density at radius 1 is 1.09 bits per heavy atom. The van der Waals surface area contributed by atoms with Gasteiger partial charge in [0.1, 0.15) is 18.9 Å². The molecule has 0 saturated carbocycles. The fourth-order valence-electron chi connectivity index (χ4n) is 4.12. The van der Waals surface area contributed by atoms with E-state index in [1.165, 1.54) is 6.33 Å². The molecule has 3 aromatic rings. The Balaban J connectivity index is 1.71. The van der Waals surface area contributed by atoms with E-state index >= 15 is 0 Å². The summed E-state index contributed by atoms with van der Waals surface area (Å²) in [4.78, 5) is 32.2. The molecule has 2 heterocycles. The summed E-state index contributed by atoms with van der Waals surface area (Å²) in [5.41, 5.74) is 4.77. The molecule has 1 amide bonds. The molecule has 0 aliphatic carbocycles. The average molecular weight is 446 g/mol. The van der Waals surface area contributed by atoms with Crippen LogP contribution in [0.15, 0.2) is 66.1 Å². The number of rotatable bonds is 6. The van der Waals surface area contributed by atoms with Crippen molar-refractivity contribution in [3.8, 4) is 0 Å². The number of hydrogen-bond acceptors (Lipinski definition) is 6. The molecule has 1 unspecified atom stereocenters. The van der Waals surface area contributed by atoms with Gasteiger partial charge in [-0.05, 0) is 44.9 Å². The van der Waals surface area contributed by atoms with Crippen molar-refractivity contribution in [1.29, 1.82) is 0 Å². The third-order valence-electron chi connectivity index (χ3n) is 5.68. The minimum absolute atomic E-state index is 0.0255. The van der Waals surface area contributed by atoms with Gasteiger partial charge in [0, 0.05) is 11.4 Å². The number of aromatic nitrogens is 3. The van der Waals surface area contributed by atoms with Crippen molar-refractivity contribution in [2.45, 2.75) is 33.7 Å². The molecule has 8 nitrogen and oxygen atoms in total. The molecule has 1 atom stereocenters. The van der Waals surface area contributed by atoms with Gasteiger partial charge in [-0.25, -0.2) is 9.48 Å². The molecular formula is C25H27N5O3. The summed E-state index contributed by atoms with van der Waals surface area (Å²) in [7, 11) is 0. The number of anilines is 2. The molecule has 0 spiro atoms. The lowest BCUT2D eigenvalue weighted by atomic mass is 9.95. The number of aryl methyl sites for hydroxylation is 2. The van der Waals surface area contributed by atoms with Crippen LogP contribution in [0.3, 0.4) is 0 Å². The zero-order valence-corrected chi connectivity index (χ0v) is 19.2. The summed E-state index contributed by atoms with van der Waals surface area (Å²) < 4.78 is 7.05. The first-order valence-electron chi connectivity index (χ1n) is 10.9. The van der Waals surface area contributed by atoms with Gasteiger partial charge in [-0.3, -0.25) is 4.79 Å². The standard InChI is InChI=1S/C25H27N5O3/c1-5-33-24(32)22-18(4)29(14-21(31)28-20-12-11-16(2)13-17(20)3)25-26-15-27-30(25)23(22)19-9-7-6-8-10-19/h6-13,15,23H,5,14H2,1-4H3,(H,28,31). The van der Waals surface area contributed by atoms with Crippen molar-refractivity contribution in [3.63, 3.8) is 0 Å². The number of nitrogens with zero attached hydrogens (tertiary/aromatic N) is 4. The normalized spacial score (nSPS) is 15.3. The SMILES string of the molecule is CCOC(=O)C1=C(C)N(CC(=O)Nc2ccc(C)cc2C)c2ncnn2C1c1ccccc1. The number of allylic oxidation sites excluding steroid dienone is 1. The van der Waals surface area contributed by atoms with Crippen molar-refractivity contribution in [3.05, 3.63) is 82.8 Å². The summed E-state index contributed by atoms with van der Waals surface area (Å²) in [5.74, 6) is -0.174. The molecule has 2 aromatic carbocycles. The van der Waals surface area contributed by atoms with E-state index in [0.29, 0.717) is 17.2 Å². The van der Waals surface area contributed by atoms with Crippen LogP contribution in [0.5, 0.6) is 0 Å². The van der Waals surface area contributed by atoms with Crippen molar-refractivity contribution < 1.29 is 14.3 Å². The Hall–Kier alpha value is -3.94. The molecule has 1 N–H and O–H groups in total. The molecule has 1 aliphatic rings. The number of carbonyl (C=O) groups is 2. The van der Waals surface area contributed by atoms with E-state index < -0.39 is 12.0 Å². The number of nitrogens with one attached hydrogen (secondary N) is 1. The zero-order chi connectivity index (χ0) is 23.5. The Bertz CT molecular complexity index is 1220. The molecule has 0 saturated heterocycles. The molecule has 4 rings (SSSR count). The molecule has 0 bridgehead atoms. The fourth-order valence-corrected chi connectivity index (χ4v) is 4.12. The lowest BCUT2D eigenvalue weighted by molar-refractivity contribution is -0.139. The second-order valence-corrected chi connectivity index (χ2v) is 7.99. The second-order valence-electron chi connectivity index (χ2n) is 7.99. The highest BCUT2D eigenvalue weighted by Crippen LogP contribution is 2.38. The maximum atomic E-state index is 13.1. The largest absolute Gasteiger partial charge is 0.463 e. The predicted octanol–water partition coefficient (Wildman–Crippen LogP) is 3.78. The van der Waals surface area contributed by atoms with Crippen LogP contribution >= 0.6 is 0 Å². The van der Waals surface area contributed by atoms with E-state index in [1.54, 1.807) is 16.5 Å². The van der Waals surface area contributed by atoms with Crippen molar-refractivity contribution in [1.82, 2.24) is 14.8 Å². The highest BCUT2D eigenvalue weighted by molar-refractivity contribution is 5.97. The first-order chi connectivity index (χ1) is 15.9. The minimum atomic E-state index is -0.499. The van der Waals surface area contributed by atoms with Gasteiger partial charge >= 0.3 is 5.97 Å². The summed E-state index contributed by atoms with van der Waals surface area (Å²) in [6, 6.07) is 15.0. The van der Waals surface area contributed by atoms with E-state index in [9.17, 15) is 9.59 Å². The van der Waals surface area contributed by atoms with E-state index in [2.05, 4.69) is 15.4 Å². The average Bonchev–Trinajstić information content (AvgIpc) is 3.27. The second kappa shape index (κ2) is 9.28. The molecule has 1 aliphatic heterocycles. The van der Waals surface area contributed by atoms with Gasteiger partial charge < -0.3 is 15.0 Å². The summed E-state index contributed by atoms with van der Waals surface area (Å²) >= 11 is 0. The molecule has 170 valence electrons. The Morgan fingerprint density at radius 3 is 2.55 bits per heavy atom. The third-order valence-corrected chi connectivity index (χ3v) is 5.68. The molecular weight excluding hydrogens is 418 g/mol. The number of amides is 1. The number of fused-ring (bicyclic) bond motifs is 1. The molecule has 1 aromatic heterocycles. The van der Waals surface area contributed by atoms with Crippen LogP contribution in [0, 0.1) is 13.8 Å². The van der Waals surface area contributed by atoms with E-state index in [4.69, 9.17) is 4.74 Å². The van der Waals surface area contributed by atoms with Crippen LogP contribution in [0.4, 0.5) is 11.6 Å². The molecule has 8 heteroatoms. The smallest absolute Gasteiger partial charge is 0.338 e. The molecule has 0 radical (unpaired) electrons. The zero-order valence-electron chi connectivity index (χ0n) is 19.2. The molecule has 0 fully saturated rings. The van der Waals surface area contributed by atoms with Gasteiger partial charge in [-0.1, -0.05) is 48.0 Å². The van der Waals surface area contributed by atoms with Gasteiger partial charge in [-0.15, -0.1) is 0 Å². The first kappa shape index (κ1) is 22.3. The van der Waals surface area contributed by atoms with Crippen molar-refractivity contribution >= 4 is 23.5 Å². The Morgan fingerprint density at radius 2 is 1.85 bits per heavy atom. The highest BCUT2D eigenvalue weighted by atomic mass is 16.5. The van der Waals surface area contributed by atoms with Crippen LogP contribution in [-0.2, 0) is 14.3 Å². The highest BCUT2D eigenvalue weighted by Gasteiger charge is 2.38. The molecule has 33 heavy (non-hydrogen) atoms. The summed E-state index contributed by atoms with van der Waals surface area (Å²) in [6.07, 6.45) is 1.43. The lowest BCUT2D eigenvalue weighted by Crippen LogP contribution is -2.41.